The number of amides is 4. The van der Waals surface area contributed by atoms with E-state index in [-0.39, 0.29) is 34.1 Å². The Bertz CT molecular complexity index is 1380. The van der Waals surface area contributed by atoms with Crippen LogP contribution in [0.25, 0.3) is 5.69 Å². The number of carbonyl (C=O) groups excluding carboxylic acids is 4. The Balaban J connectivity index is 1.62. The molecule has 1 N–H and O–H groups in total. The van der Waals surface area contributed by atoms with Crippen molar-refractivity contribution in [1.82, 2.24) is 19.6 Å². The number of anilines is 1. The maximum absolute atomic E-state index is 13.1. The maximum Gasteiger partial charge on any atom is 0.270 e. The number of non-ortho nitro benzene ring substituents is 1. The van der Waals surface area contributed by atoms with Gasteiger partial charge in [-0.2, -0.15) is 5.10 Å². The van der Waals surface area contributed by atoms with Crippen LogP contribution >= 0.6 is 0 Å². The third-order valence-corrected chi connectivity index (χ3v) is 5.78. The summed E-state index contributed by atoms with van der Waals surface area (Å²) in [6.07, 6.45) is 1.35. The molecule has 184 valence electrons. The second-order valence-electron chi connectivity index (χ2n) is 7.86. The zero-order chi connectivity index (χ0) is 26.0. The second kappa shape index (κ2) is 9.78. The average Bonchev–Trinajstić information content (AvgIpc) is 3.39. The smallest absolute Gasteiger partial charge is 0.270 e. The molecule has 0 spiro atoms. The highest BCUT2D eigenvalue weighted by atomic mass is 16.6. The number of nitrogens with zero attached hydrogens (tertiary/aromatic N) is 5. The number of aromatic nitrogens is 2. The fourth-order valence-electron chi connectivity index (χ4n) is 3.92. The molecule has 3 aromatic rings. The standard InChI is InChI=1S/C24H22N6O6/c1-3-27(4-2)22(32)19-13-25-29(15-8-6-5-7-9-15)21(19)26-20(31)14-28-23(33)17-11-10-16(30(35)36)12-18(17)24(28)34/h5-13H,3-4,14H2,1-2H3,(H,26,31). The van der Waals surface area contributed by atoms with Crippen LogP contribution in [0.5, 0.6) is 0 Å². The molecule has 1 aliphatic heterocycles. The van der Waals surface area contributed by atoms with Crippen molar-refractivity contribution < 1.29 is 24.1 Å². The number of para-hydroxylation sites is 1. The number of nitrogens with one attached hydrogen (secondary N) is 1. The van der Waals surface area contributed by atoms with Gasteiger partial charge in [-0.25, -0.2) is 4.68 Å². The van der Waals surface area contributed by atoms with E-state index in [0.717, 1.165) is 12.1 Å². The van der Waals surface area contributed by atoms with Gasteiger partial charge in [-0.1, -0.05) is 18.2 Å². The molecule has 12 nitrogen and oxygen atoms in total. The topological polar surface area (TPSA) is 148 Å². The SMILES string of the molecule is CCN(CC)C(=O)c1cnn(-c2ccccc2)c1NC(=O)CN1C(=O)c2ccc([N+](=O)[O-])cc2C1=O. The van der Waals surface area contributed by atoms with Crippen LogP contribution in [-0.2, 0) is 4.79 Å². The molecule has 0 bridgehead atoms. The molecule has 4 rings (SSSR count). The molecule has 36 heavy (non-hydrogen) atoms. The quantitative estimate of drug-likeness (QED) is 0.290. The lowest BCUT2D eigenvalue weighted by Crippen LogP contribution is -2.38. The zero-order valence-electron chi connectivity index (χ0n) is 19.5. The highest BCUT2D eigenvalue weighted by molar-refractivity contribution is 6.23. The van der Waals surface area contributed by atoms with E-state index in [2.05, 4.69) is 10.4 Å². The van der Waals surface area contributed by atoms with Gasteiger partial charge >= 0.3 is 0 Å². The van der Waals surface area contributed by atoms with E-state index in [0.29, 0.717) is 23.7 Å². The zero-order valence-corrected chi connectivity index (χ0v) is 19.5. The van der Waals surface area contributed by atoms with Crippen molar-refractivity contribution in [1.29, 1.82) is 0 Å². The Hall–Kier alpha value is -4.87. The van der Waals surface area contributed by atoms with Crippen LogP contribution in [0.1, 0.15) is 44.9 Å². The highest BCUT2D eigenvalue weighted by Gasteiger charge is 2.38. The molecule has 12 heteroatoms. The molecule has 2 aromatic carbocycles. The summed E-state index contributed by atoms with van der Waals surface area (Å²) in [6.45, 7) is 3.89. The van der Waals surface area contributed by atoms with E-state index in [1.807, 2.05) is 13.8 Å². The molecule has 0 saturated carbocycles. The Kier molecular flexibility index (Phi) is 6.59. The number of imide groups is 1. The number of hydrogen-bond donors (Lipinski definition) is 1. The van der Waals surface area contributed by atoms with Crippen molar-refractivity contribution in [2.24, 2.45) is 0 Å². The first-order valence-corrected chi connectivity index (χ1v) is 11.1. The summed E-state index contributed by atoms with van der Waals surface area (Å²) >= 11 is 0. The molecule has 0 radical (unpaired) electrons. The van der Waals surface area contributed by atoms with Gasteiger partial charge in [0.25, 0.3) is 23.4 Å². The average molecular weight is 490 g/mol. The summed E-state index contributed by atoms with van der Waals surface area (Å²) in [5.74, 6) is -2.55. The number of nitro groups is 1. The van der Waals surface area contributed by atoms with Gasteiger partial charge in [0.15, 0.2) is 0 Å². The Morgan fingerprint density at radius 1 is 1.03 bits per heavy atom. The van der Waals surface area contributed by atoms with Gasteiger partial charge in [-0.15, -0.1) is 0 Å². The van der Waals surface area contributed by atoms with Crippen molar-refractivity contribution in [2.75, 3.05) is 25.0 Å². The first-order chi connectivity index (χ1) is 17.3. The molecule has 0 atom stereocenters. The Morgan fingerprint density at radius 2 is 1.69 bits per heavy atom. The van der Waals surface area contributed by atoms with Crippen LogP contribution in [0.15, 0.2) is 54.7 Å². The van der Waals surface area contributed by atoms with Crippen molar-refractivity contribution in [3.8, 4) is 5.69 Å². The number of nitro benzene ring substituents is 1. The van der Waals surface area contributed by atoms with Crippen LogP contribution in [0.2, 0.25) is 0 Å². The van der Waals surface area contributed by atoms with E-state index in [1.165, 1.54) is 16.9 Å². The molecule has 4 amide bonds. The molecule has 1 aliphatic rings. The minimum Gasteiger partial charge on any atom is -0.339 e. The molecule has 0 saturated heterocycles. The number of fused-ring (bicyclic) bond motifs is 1. The predicted octanol–water partition coefficient (Wildman–Crippen LogP) is 2.50. The molecular formula is C24H22N6O6. The van der Waals surface area contributed by atoms with Crippen LogP contribution < -0.4 is 5.32 Å². The highest BCUT2D eigenvalue weighted by Crippen LogP contribution is 2.27. The fourth-order valence-corrected chi connectivity index (χ4v) is 3.92. The van der Waals surface area contributed by atoms with Gasteiger partial charge in [-0.05, 0) is 32.0 Å². The van der Waals surface area contributed by atoms with Gasteiger partial charge in [0.2, 0.25) is 5.91 Å². The fraction of sp³-hybridized carbons (Fsp3) is 0.208. The van der Waals surface area contributed by atoms with E-state index < -0.39 is 29.2 Å². The van der Waals surface area contributed by atoms with Crippen molar-refractivity contribution >= 4 is 35.1 Å². The number of carbonyl (C=O) groups is 4. The Morgan fingerprint density at radius 3 is 2.33 bits per heavy atom. The lowest BCUT2D eigenvalue weighted by molar-refractivity contribution is -0.384. The lowest BCUT2D eigenvalue weighted by atomic mass is 10.1. The van der Waals surface area contributed by atoms with E-state index >= 15 is 0 Å². The van der Waals surface area contributed by atoms with Gasteiger partial charge in [-0.3, -0.25) is 34.2 Å². The van der Waals surface area contributed by atoms with E-state index in [4.69, 9.17) is 0 Å². The largest absolute Gasteiger partial charge is 0.339 e. The second-order valence-corrected chi connectivity index (χ2v) is 7.86. The number of hydrogen-bond acceptors (Lipinski definition) is 7. The summed E-state index contributed by atoms with van der Waals surface area (Å²) in [5.41, 5.74) is 0.222. The number of rotatable bonds is 8. The summed E-state index contributed by atoms with van der Waals surface area (Å²) < 4.78 is 1.39. The van der Waals surface area contributed by atoms with Crippen LogP contribution in [0, 0.1) is 10.1 Å². The van der Waals surface area contributed by atoms with Gasteiger partial charge in [0.05, 0.1) is 27.9 Å². The minimum absolute atomic E-state index is 0.0230. The summed E-state index contributed by atoms with van der Waals surface area (Å²) in [4.78, 5) is 64.3. The van der Waals surface area contributed by atoms with Crippen molar-refractivity contribution in [2.45, 2.75) is 13.8 Å². The molecular weight excluding hydrogens is 468 g/mol. The Labute approximate surface area is 205 Å². The van der Waals surface area contributed by atoms with Crippen LogP contribution in [-0.4, -0.2) is 67.8 Å². The van der Waals surface area contributed by atoms with Gasteiger partial charge in [0, 0.05) is 25.2 Å². The van der Waals surface area contributed by atoms with Crippen molar-refractivity contribution in [3.63, 3.8) is 0 Å². The molecule has 2 heterocycles. The summed E-state index contributed by atoms with van der Waals surface area (Å²) in [6, 6.07) is 12.2. The molecule has 0 aliphatic carbocycles. The van der Waals surface area contributed by atoms with Crippen LogP contribution in [0.4, 0.5) is 11.5 Å². The van der Waals surface area contributed by atoms with Crippen LogP contribution in [0.3, 0.4) is 0 Å². The summed E-state index contributed by atoms with van der Waals surface area (Å²) in [5, 5.41) is 17.9. The van der Waals surface area contributed by atoms with E-state index in [9.17, 15) is 29.3 Å². The minimum atomic E-state index is -0.815. The summed E-state index contributed by atoms with van der Waals surface area (Å²) in [7, 11) is 0. The molecule has 1 aromatic heterocycles. The lowest BCUT2D eigenvalue weighted by Gasteiger charge is -2.19. The number of benzene rings is 2. The van der Waals surface area contributed by atoms with Gasteiger partial charge in [0.1, 0.15) is 17.9 Å². The first-order valence-electron chi connectivity index (χ1n) is 11.1. The maximum atomic E-state index is 13.1. The molecule has 0 fully saturated rings. The first kappa shape index (κ1) is 24.3. The predicted molar refractivity (Wildman–Crippen MR) is 128 cm³/mol. The van der Waals surface area contributed by atoms with E-state index in [1.54, 1.807) is 35.2 Å². The normalized spacial score (nSPS) is 12.4. The third-order valence-electron chi connectivity index (χ3n) is 5.78. The van der Waals surface area contributed by atoms with Gasteiger partial charge < -0.3 is 10.2 Å². The monoisotopic (exact) mass is 490 g/mol. The van der Waals surface area contributed by atoms with Crippen molar-refractivity contribution in [3.05, 3.63) is 81.5 Å². The third kappa shape index (κ3) is 4.31. The molecule has 0 unspecified atom stereocenters.